The molecule has 1 aliphatic rings. The molecule has 8 atom stereocenters. The van der Waals surface area contributed by atoms with E-state index in [1.54, 1.807) is 0 Å². The van der Waals surface area contributed by atoms with Crippen molar-refractivity contribution in [2.45, 2.75) is 49.0 Å². The van der Waals surface area contributed by atoms with E-state index in [0.717, 1.165) is 0 Å². The second kappa shape index (κ2) is 10.3. The molecule has 0 radical (unpaired) electrons. The first-order chi connectivity index (χ1) is 10.7. The van der Waals surface area contributed by atoms with Crippen LogP contribution in [-0.2, 0) is 14.3 Å². The van der Waals surface area contributed by atoms with Crippen LogP contribution in [0.4, 0.5) is 0 Å². The molecule has 0 spiro atoms. The molecule has 0 saturated carbocycles. The van der Waals surface area contributed by atoms with Crippen LogP contribution in [0, 0.1) is 0 Å². The van der Waals surface area contributed by atoms with E-state index in [1.165, 1.54) is 0 Å². The lowest BCUT2D eigenvalue weighted by Crippen LogP contribution is -2.59. The van der Waals surface area contributed by atoms with Gasteiger partial charge in [0.1, 0.15) is 49.3 Å². The third-order valence-corrected chi connectivity index (χ3v) is 3.48. The molecular weight excluding hydrogens is 336 g/mol. The maximum Gasteiger partial charge on any atom is 0.189 e. The van der Waals surface area contributed by atoms with Crippen molar-refractivity contribution in [3.8, 4) is 0 Å². The molecule has 0 bridgehead atoms. The van der Waals surface area contributed by atoms with Gasteiger partial charge in [0.15, 0.2) is 12.1 Å². The molecule has 144 valence electrons. The van der Waals surface area contributed by atoms with Crippen molar-refractivity contribution in [3.05, 3.63) is 0 Å². The van der Waals surface area contributed by atoms with E-state index in [-0.39, 0.29) is 5.48 Å². The van der Waals surface area contributed by atoms with Crippen LogP contribution in [0.25, 0.3) is 0 Å². The lowest BCUT2D eigenvalue weighted by atomic mass is 9.99. The van der Waals surface area contributed by atoms with Gasteiger partial charge in [0, 0.05) is 0 Å². The van der Waals surface area contributed by atoms with Crippen LogP contribution >= 0.6 is 0 Å². The first-order valence-corrected chi connectivity index (χ1v) is 6.84. The minimum Gasteiger partial charge on any atom is -0.412 e. The summed E-state index contributed by atoms with van der Waals surface area (Å²) in [5, 5.41) is 74.8. The van der Waals surface area contributed by atoms with Crippen molar-refractivity contribution in [1.82, 2.24) is 0 Å². The highest BCUT2D eigenvalue weighted by atomic mass is 16.7. The Kier molecular flexibility index (Phi) is 9.94. The van der Waals surface area contributed by atoms with Crippen LogP contribution < -0.4 is 0 Å². The van der Waals surface area contributed by atoms with Crippen LogP contribution in [0.3, 0.4) is 0 Å². The quantitative estimate of drug-likeness (QED) is 0.203. The molecule has 0 aliphatic carbocycles. The first-order valence-electron chi connectivity index (χ1n) is 6.84. The van der Waals surface area contributed by atoms with Crippen molar-refractivity contribution in [2.75, 3.05) is 19.8 Å². The number of ketones is 1. The van der Waals surface area contributed by atoms with Crippen LogP contribution in [0.5, 0.6) is 0 Å². The van der Waals surface area contributed by atoms with Crippen molar-refractivity contribution < 1.29 is 60.6 Å². The van der Waals surface area contributed by atoms with Gasteiger partial charge in [0.05, 0.1) is 13.2 Å². The van der Waals surface area contributed by atoms with Crippen LogP contribution in [0.2, 0.25) is 0 Å². The lowest BCUT2D eigenvalue weighted by Gasteiger charge is -2.40. The Balaban J connectivity index is 0.00000529. The van der Waals surface area contributed by atoms with Gasteiger partial charge in [-0.2, -0.15) is 0 Å². The molecule has 0 aromatic heterocycles. The molecule has 0 amide bonds. The Hall–Kier alpha value is -0.770. The molecule has 12 nitrogen and oxygen atoms in total. The number of hydrogen-bond donors (Lipinski definition) is 8. The average molecular weight is 360 g/mol. The van der Waals surface area contributed by atoms with E-state index >= 15 is 0 Å². The molecule has 1 rings (SSSR count). The topological polar surface area (TPSA) is 229 Å². The van der Waals surface area contributed by atoms with Gasteiger partial charge in [0.25, 0.3) is 0 Å². The van der Waals surface area contributed by atoms with Gasteiger partial charge in [-0.15, -0.1) is 0 Å². The van der Waals surface area contributed by atoms with Gasteiger partial charge in [-0.1, -0.05) is 0 Å². The monoisotopic (exact) mass is 360 g/mol. The minimum atomic E-state index is -2.03. The third kappa shape index (κ3) is 5.37. The predicted molar refractivity (Wildman–Crippen MR) is 73.4 cm³/mol. The Bertz CT molecular complexity index is 377. The number of Topliss-reactive ketones (excluding diaryl/α,β-unsaturated/α-hetero) is 1. The third-order valence-electron chi connectivity index (χ3n) is 3.48. The Morgan fingerprint density at radius 2 is 1.62 bits per heavy atom. The van der Waals surface area contributed by atoms with Gasteiger partial charge in [-0.25, -0.2) is 0 Å². The molecule has 8 unspecified atom stereocenters. The van der Waals surface area contributed by atoms with Gasteiger partial charge in [-0.05, 0) is 0 Å². The molecule has 0 aromatic rings. The summed E-state index contributed by atoms with van der Waals surface area (Å²) in [4.78, 5) is 11.0. The van der Waals surface area contributed by atoms with Gasteiger partial charge in [-0.3, -0.25) is 4.79 Å². The smallest absolute Gasteiger partial charge is 0.189 e. The van der Waals surface area contributed by atoms with Gasteiger partial charge >= 0.3 is 0 Å². The maximum atomic E-state index is 11.0. The SMILES string of the molecule is O.O=C(CO)C(O)C(O)C(O)COC1OC(CO)C(O)C(O)C1O. The van der Waals surface area contributed by atoms with Gasteiger partial charge in [0.2, 0.25) is 0 Å². The number of carbonyl (C=O) groups is 1. The van der Waals surface area contributed by atoms with Crippen molar-refractivity contribution in [2.24, 2.45) is 0 Å². The fourth-order valence-corrected chi connectivity index (χ4v) is 1.99. The minimum absolute atomic E-state index is 0. The normalized spacial score (nSPS) is 34.1. The highest BCUT2D eigenvalue weighted by Gasteiger charge is 2.44. The van der Waals surface area contributed by atoms with Gasteiger partial charge < -0.3 is 55.8 Å². The standard InChI is InChI=1S/C12H22O11.H2O/c13-1-4(15)7(17)8(18)5(16)3-22-12-11(21)10(20)9(19)6(2-14)23-12;/h5-14,16-21H,1-3H2;1H2. The number of carbonyl (C=O) groups excluding carboxylic acids is 1. The number of ether oxygens (including phenoxy) is 2. The molecule has 1 saturated heterocycles. The Morgan fingerprint density at radius 3 is 2.12 bits per heavy atom. The molecule has 12 heteroatoms. The fourth-order valence-electron chi connectivity index (χ4n) is 1.99. The summed E-state index contributed by atoms with van der Waals surface area (Å²) in [6.45, 7) is -2.40. The van der Waals surface area contributed by atoms with E-state index < -0.39 is 74.6 Å². The van der Waals surface area contributed by atoms with Crippen LogP contribution in [0.1, 0.15) is 0 Å². The van der Waals surface area contributed by atoms with Crippen LogP contribution in [0.15, 0.2) is 0 Å². The summed E-state index contributed by atoms with van der Waals surface area (Å²) < 4.78 is 9.94. The lowest BCUT2D eigenvalue weighted by molar-refractivity contribution is -0.306. The number of aliphatic hydroxyl groups excluding tert-OH is 8. The molecule has 1 aliphatic heterocycles. The molecule has 24 heavy (non-hydrogen) atoms. The predicted octanol–water partition coefficient (Wildman–Crippen LogP) is -6.38. The summed E-state index contributed by atoms with van der Waals surface area (Å²) in [5.74, 6) is -1.11. The highest BCUT2D eigenvalue weighted by molar-refractivity contribution is 5.84. The number of aliphatic hydroxyl groups is 8. The summed E-state index contributed by atoms with van der Waals surface area (Å²) >= 11 is 0. The van der Waals surface area contributed by atoms with E-state index in [9.17, 15) is 35.4 Å². The van der Waals surface area contributed by atoms with E-state index in [1.807, 2.05) is 0 Å². The Morgan fingerprint density at radius 1 is 1.04 bits per heavy atom. The fraction of sp³-hybridized carbons (Fsp3) is 0.917. The van der Waals surface area contributed by atoms with Crippen molar-refractivity contribution >= 4 is 5.78 Å². The number of rotatable bonds is 8. The summed E-state index contributed by atoms with van der Waals surface area (Å²) in [7, 11) is 0. The highest BCUT2D eigenvalue weighted by Crippen LogP contribution is 2.22. The molecule has 1 heterocycles. The summed E-state index contributed by atoms with van der Waals surface area (Å²) in [6, 6.07) is 0. The Labute approximate surface area is 136 Å². The van der Waals surface area contributed by atoms with Crippen molar-refractivity contribution in [1.29, 1.82) is 0 Å². The molecule has 10 N–H and O–H groups in total. The van der Waals surface area contributed by atoms with E-state index in [0.29, 0.717) is 0 Å². The second-order valence-electron chi connectivity index (χ2n) is 5.16. The zero-order valence-corrected chi connectivity index (χ0v) is 12.5. The average Bonchev–Trinajstić information content (AvgIpc) is 2.56. The zero-order chi connectivity index (χ0) is 17.7. The summed E-state index contributed by atoms with van der Waals surface area (Å²) in [5.41, 5.74) is 0. The van der Waals surface area contributed by atoms with Crippen molar-refractivity contribution in [3.63, 3.8) is 0 Å². The van der Waals surface area contributed by atoms with E-state index in [4.69, 9.17) is 19.7 Å². The number of hydrogen-bond acceptors (Lipinski definition) is 11. The molecule has 1 fully saturated rings. The molecular formula is C12H24O12. The first kappa shape index (κ1) is 23.2. The maximum absolute atomic E-state index is 11.0. The van der Waals surface area contributed by atoms with Crippen LogP contribution in [-0.4, -0.2) is 121 Å². The summed E-state index contributed by atoms with van der Waals surface area (Å²) in [6.07, 6.45) is -13.4. The molecule has 0 aromatic carbocycles. The largest absolute Gasteiger partial charge is 0.412 e. The zero-order valence-electron chi connectivity index (χ0n) is 12.5. The second-order valence-corrected chi connectivity index (χ2v) is 5.16. The van der Waals surface area contributed by atoms with E-state index in [2.05, 4.69) is 0 Å².